The van der Waals surface area contributed by atoms with Gasteiger partial charge in [-0.3, -0.25) is 25.8 Å². The molecule has 0 aliphatic heterocycles. The fourth-order valence-electron chi connectivity index (χ4n) is 2.24. The molecule has 3 rings (SSSR count). The average Bonchev–Trinajstić information content (AvgIpc) is 3.05. The third-order valence-electron chi connectivity index (χ3n) is 3.41. The molecule has 2 heterocycles. The van der Waals surface area contributed by atoms with Crippen LogP contribution in [0.15, 0.2) is 47.2 Å². The molecule has 11 heteroatoms. The van der Waals surface area contributed by atoms with Gasteiger partial charge in [-0.2, -0.15) is 0 Å². The molecular formula is C16H15N7O4. The largest absolute Gasteiger partial charge is 0.360 e. The van der Waals surface area contributed by atoms with Crippen molar-refractivity contribution in [3.63, 3.8) is 0 Å². The first-order valence-corrected chi connectivity index (χ1v) is 7.81. The topological polar surface area (TPSA) is 148 Å². The molecular weight excluding hydrogens is 354 g/mol. The number of carbonyl (C=O) groups excluding carboxylic acids is 1. The van der Waals surface area contributed by atoms with E-state index in [1.54, 1.807) is 25.1 Å². The molecule has 138 valence electrons. The zero-order chi connectivity index (χ0) is 19.2. The molecule has 1 aromatic carbocycles. The van der Waals surface area contributed by atoms with Gasteiger partial charge in [-0.25, -0.2) is 9.97 Å². The van der Waals surface area contributed by atoms with Gasteiger partial charge < -0.3 is 9.84 Å². The quantitative estimate of drug-likeness (QED) is 0.420. The number of benzene rings is 1. The maximum Gasteiger partial charge on any atom is 0.355 e. The first-order valence-electron chi connectivity index (χ1n) is 7.81. The molecule has 0 bridgehead atoms. The van der Waals surface area contributed by atoms with E-state index in [2.05, 4.69) is 31.3 Å². The van der Waals surface area contributed by atoms with E-state index < -0.39 is 10.6 Å². The Bertz CT molecular complexity index is 958. The lowest BCUT2D eigenvalue weighted by Crippen LogP contribution is -2.31. The van der Waals surface area contributed by atoms with Gasteiger partial charge in [0.05, 0.1) is 11.3 Å². The summed E-state index contributed by atoms with van der Waals surface area (Å²) in [6, 6.07) is 10.6. The molecule has 0 atom stereocenters. The molecule has 0 unspecified atom stereocenters. The fourth-order valence-corrected chi connectivity index (χ4v) is 2.24. The summed E-state index contributed by atoms with van der Waals surface area (Å²) < 4.78 is 4.90. The summed E-state index contributed by atoms with van der Waals surface area (Å²) in [5.74, 6) is 0.145. The number of nitrogens with one attached hydrogen (secondary N) is 3. The Morgan fingerprint density at radius 2 is 1.96 bits per heavy atom. The number of aryl methyl sites for hydroxylation is 1. The Morgan fingerprint density at radius 3 is 2.63 bits per heavy atom. The van der Waals surface area contributed by atoms with Crippen LogP contribution in [0.4, 0.5) is 23.1 Å². The van der Waals surface area contributed by atoms with E-state index in [0.717, 1.165) is 11.9 Å². The van der Waals surface area contributed by atoms with Gasteiger partial charge in [0.25, 0.3) is 0 Å². The van der Waals surface area contributed by atoms with Crippen LogP contribution in [0, 0.1) is 17.0 Å². The van der Waals surface area contributed by atoms with Crippen molar-refractivity contribution in [2.75, 3.05) is 10.7 Å². The average molecular weight is 369 g/mol. The van der Waals surface area contributed by atoms with Gasteiger partial charge in [-0.1, -0.05) is 35.5 Å². The van der Waals surface area contributed by atoms with Gasteiger partial charge in [-0.05, 0) is 12.5 Å². The molecule has 1 amide bonds. The predicted molar refractivity (Wildman–Crippen MR) is 95.1 cm³/mol. The van der Waals surface area contributed by atoms with Gasteiger partial charge in [0.15, 0.2) is 5.82 Å². The smallest absolute Gasteiger partial charge is 0.355 e. The highest BCUT2D eigenvalue weighted by molar-refractivity contribution is 5.81. The lowest BCUT2D eigenvalue weighted by Gasteiger charge is -2.10. The molecule has 0 aliphatic rings. The van der Waals surface area contributed by atoms with Crippen molar-refractivity contribution < 1.29 is 14.2 Å². The maximum absolute atomic E-state index is 12.0. The van der Waals surface area contributed by atoms with Crippen molar-refractivity contribution in [1.82, 2.24) is 20.6 Å². The van der Waals surface area contributed by atoms with Crippen LogP contribution >= 0.6 is 0 Å². The number of anilines is 3. The SMILES string of the molecule is Cc1cc(Nc2ncnc(NNC(=O)Cc3ccccc3)c2[N+](=O)[O-])no1. The summed E-state index contributed by atoms with van der Waals surface area (Å²) >= 11 is 0. The van der Waals surface area contributed by atoms with Crippen molar-refractivity contribution in [3.8, 4) is 0 Å². The Hall–Kier alpha value is -4.02. The maximum atomic E-state index is 12.0. The zero-order valence-corrected chi connectivity index (χ0v) is 14.2. The molecule has 0 aliphatic carbocycles. The van der Waals surface area contributed by atoms with Crippen molar-refractivity contribution >= 4 is 29.0 Å². The number of nitro groups is 1. The number of nitrogens with zero attached hydrogens (tertiary/aromatic N) is 4. The number of hydrogen-bond donors (Lipinski definition) is 3. The predicted octanol–water partition coefficient (Wildman–Crippen LogP) is 2.11. The normalized spacial score (nSPS) is 10.3. The minimum absolute atomic E-state index is 0.0943. The van der Waals surface area contributed by atoms with Crippen molar-refractivity contribution in [3.05, 3.63) is 64.2 Å². The van der Waals surface area contributed by atoms with Crippen LogP contribution in [0.1, 0.15) is 11.3 Å². The number of amides is 1. The lowest BCUT2D eigenvalue weighted by molar-refractivity contribution is -0.383. The van der Waals surface area contributed by atoms with E-state index >= 15 is 0 Å². The summed E-state index contributed by atoms with van der Waals surface area (Å²) in [4.78, 5) is 30.5. The highest BCUT2D eigenvalue weighted by Crippen LogP contribution is 2.30. The summed E-state index contributed by atoms with van der Waals surface area (Å²) in [5.41, 5.74) is 5.22. The van der Waals surface area contributed by atoms with Crippen LogP contribution in [0.25, 0.3) is 0 Å². The molecule has 0 saturated heterocycles. The zero-order valence-electron chi connectivity index (χ0n) is 14.2. The Morgan fingerprint density at radius 1 is 1.22 bits per heavy atom. The second kappa shape index (κ2) is 7.91. The van der Waals surface area contributed by atoms with Gasteiger partial charge in [0.2, 0.25) is 17.5 Å². The van der Waals surface area contributed by atoms with Crippen molar-refractivity contribution in [1.29, 1.82) is 0 Å². The van der Waals surface area contributed by atoms with E-state index in [4.69, 9.17) is 4.52 Å². The molecule has 3 N–H and O–H groups in total. The lowest BCUT2D eigenvalue weighted by atomic mass is 10.1. The third kappa shape index (κ3) is 4.54. The molecule has 3 aromatic rings. The van der Waals surface area contributed by atoms with E-state index in [1.807, 2.05) is 18.2 Å². The second-order valence-corrected chi connectivity index (χ2v) is 5.46. The van der Waals surface area contributed by atoms with E-state index in [1.165, 1.54) is 0 Å². The van der Waals surface area contributed by atoms with Crippen molar-refractivity contribution in [2.24, 2.45) is 0 Å². The summed E-state index contributed by atoms with van der Waals surface area (Å²) in [6.07, 6.45) is 1.23. The Balaban J connectivity index is 1.73. The van der Waals surface area contributed by atoms with Crippen molar-refractivity contribution in [2.45, 2.75) is 13.3 Å². The van der Waals surface area contributed by atoms with Crippen LogP contribution in [-0.2, 0) is 11.2 Å². The van der Waals surface area contributed by atoms with Gasteiger partial charge in [-0.15, -0.1) is 0 Å². The Kier molecular flexibility index (Phi) is 5.21. The molecule has 27 heavy (non-hydrogen) atoms. The van der Waals surface area contributed by atoms with Crippen LogP contribution in [0.3, 0.4) is 0 Å². The summed E-state index contributed by atoms with van der Waals surface area (Å²) in [7, 11) is 0. The highest BCUT2D eigenvalue weighted by Gasteiger charge is 2.24. The van der Waals surface area contributed by atoms with Gasteiger partial charge in [0.1, 0.15) is 12.1 Å². The first kappa shape index (κ1) is 17.8. The minimum atomic E-state index is -0.666. The second-order valence-electron chi connectivity index (χ2n) is 5.46. The van der Waals surface area contributed by atoms with E-state index in [0.29, 0.717) is 5.76 Å². The first-order chi connectivity index (χ1) is 13.0. The van der Waals surface area contributed by atoms with Crippen LogP contribution in [0.2, 0.25) is 0 Å². The number of hydrazine groups is 1. The monoisotopic (exact) mass is 369 g/mol. The minimum Gasteiger partial charge on any atom is -0.360 e. The molecule has 0 radical (unpaired) electrons. The van der Waals surface area contributed by atoms with Crippen LogP contribution in [-0.4, -0.2) is 26.0 Å². The van der Waals surface area contributed by atoms with E-state index in [9.17, 15) is 14.9 Å². The molecule has 0 spiro atoms. The molecule has 0 saturated carbocycles. The van der Waals surface area contributed by atoms with Gasteiger partial charge >= 0.3 is 5.69 Å². The summed E-state index contributed by atoms with van der Waals surface area (Å²) in [6.45, 7) is 1.68. The number of aromatic nitrogens is 3. The third-order valence-corrected chi connectivity index (χ3v) is 3.41. The number of hydrogen-bond acceptors (Lipinski definition) is 9. The van der Waals surface area contributed by atoms with Crippen LogP contribution < -0.4 is 16.2 Å². The molecule has 11 nitrogen and oxygen atoms in total. The molecule has 0 fully saturated rings. The Labute approximate surface area is 152 Å². The summed E-state index contributed by atoms with van der Waals surface area (Å²) in [5, 5.41) is 17.9. The van der Waals surface area contributed by atoms with Crippen LogP contribution in [0.5, 0.6) is 0 Å². The molecule has 2 aromatic heterocycles. The standard InChI is InChI=1S/C16H15N7O4/c1-10-7-12(22-27-10)19-15-14(23(25)26)16(18-9-17-15)21-20-13(24)8-11-5-3-2-4-6-11/h2-7,9H,8H2,1H3,(H,20,24)(H2,17,18,19,21,22). The number of carbonyl (C=O) groups is 1. The highest BCUT2D eigenvalue weighted by atomic mass is 16.6. The van der Waals surface area contributed by atoms with Gasteiger partial charge in [0, 0.05) is 6.07 Å². The number of rotatable bonds is 7. The van der Waals surface area contributed by atoms with E-state index in [-0.39, 0.29) is 29.8 Å². The fraction of sp³-hybridized carbons (Fsp3) is 0.125.